The molecule has 2 aromatic rings. The number of aliphatic hydroxyl groups is 1. The van der Waals surface area contributed by atoms with Crippen molar-refractivity contribution in [2.45, 2.75) is 43.6 Å². The SMILES string of the molecule is CN(C)CC(=O)Nc1ccc2c(c1)[C@H]1C[C@@H](CC(=O)NCc3cc(F)ccc3F)O[C@H](CO)[C@H]1O2. The lowest BCUT2D eigenvalue weighted by atomic mass is 9.84. The topological polar surface area (TPSA) is 100 Å². The highest BCUT2D eigenvalue weighted by atomic mass is 19.1. The van der Waals surface area contributed by atoms with Gasteiger partial charge in [-0.3, -0.25) is 9.59 Å². The lowest BCUT2D eigenvalue weighted by Gasteiger charge is -2.37. The first kappa shape index (κ1) is 25.0. The summed E-state index contributed by atoms with van der Waals surface area (Å²) < 4.78 is 39.2. The lowest BCUT2D eigenvalue weighted by molar-refractivity contribution is -0.142. The number of amides is 2. The predicted molar refractivity (Wildman–Crippen MR) is 124 cm³/mol. The molecule has 0 saturated carbocycles. The predicted octanol–water partition coefficient (Wildman–Crippen LogP) is 2.17. The number of ether oxygens (including phenoxy) is 2. The molecule has 0 spiro atoms. The van der Waals surface area contributed by atoms with Crippen molar-refractivity contribution in [2.75, 3.05) is 32.6 Å². The normalized spacial score (nSPS) is 22.8. The summed E-state index contributed by atoms with van der Waals surface area (Å²) in [7, 11) is 3.62. The van der Waals surface area contributed by atoms with E-state index < -0.39 is 29.9 Å². The molecule has 2 aromatic carbocycles. The number of benzene rings is 2. The summed E-state index contributed by atoms with van der Waals surface area (Å²) in [5, 5.41) is 15.4. The van der Waals surface area contributed by atoms with Crippen LogP contribution in [0.2, 0.25) is 0 Å². The van der Waals surface area contributed by atoms with Gasteiger partial charge in [0.1, 0.15) is 29.6 Å². The summed E-state index contributed by atoms with van der Waals surface area (Å²) in [6.07, 6.45) is -1.10. The van der Waals surface area contributed by atoms with Gasteiger partial charge in [-0.1, -0.05) is 0 Å². The number of carbonyl (C=O) groups is 2. The van der Waals surface area contributed by atoms with Crippen LogP contribution in [0.4, 0.5) is 14.5 Å². The van der Waals surface area contributed by atoms with Crippen molar-refractivity contribution in [3.63, 3.8) is 0 Å². The highest BCUT2D eigenvalue weighted by Gasteiger charge is 2.46. The smallest absolute Gasteiger partial charge is 0.238 e. The number of carbonyl (C=O) groups excluding carboxylic acids is 2. The second-order valence-corrected chi connectivity index (χ2v) is 9.16. The van der Waals surface area contributed by atoms with Crippen molar-refractivity contribution in [1.82, 2.24) is 10.2 Å². The van der Waals surface area contributed by atoms with E-state index in [1.807, 2.05) is 20.2 Å². The third kappa shape index (κ3) is 5.95. The number of anilines is 1. The number of aliphatic hydroxyl groups excluding tert-OH is 1. The van der Waals surface area contributed by atoms with Gasteiger partial charge in [0.2, 0.25) is 11.8 Å². The fraction of sp³-hybridized carbons (Fsp3) is 0.440. The minimum absolute atomic E-state index is 0.00868. The van der Waals surface area contributed by atoms with Crippen LogP contribution in [0.3, 0.4) is 0 Å². The molecule has 10 heteroatoms. The van der Waals surface area contributed by atoms with Gasteiger partial charge in [0, 0.05) is 29.3 Å². The summed E-state index contributed by atoms with van der Waals surface area (Å²) in [5.74, 6) is -1.19. The van der Waals surface area contributed by atoms with Crippen LogP contribution in [0.15, 0.2) is 36.4 Å². The van der Waals surface area contributed by atoms with Gasteiger partial charge in [0.15, 0.2) is 0 Å². The van der Waals surface area contributed by atoms with Crippen LogP contribution in [-0.2, 0) is 20.9 Å². The maximum Gasteiger partial charge on any atom is 0.238 e. The van der Waals surface area contributed by atoms with Gasteiger partial charge in [-0.25, -0.2) is 8.78 Å². The van der Waals surface area contributed by atoms with Gasteiger partial charge in [0.05, 0.1) is 25.7 Å². The Morgan fingerprint density at radius 3 is 2.69 bits per heavy atom. The van der Waals surface area contributed by atoms with Crippen molar-refractivity contribution in [1.29, 1.82) is 0 Å². The number of likely N-dealkylation sites (N-methyl/N-ethyl adjacent to an activating group) is 1. The molecule has 1 saturated heterocycles. The molecule has 0 radical (unpaired) electrons. The van der Waals surface area contributed by atoms with Crippen LogP contribution in [0, 0.1) is 11.6 Å². The van der Waals surface area contributed by atoms with Crippen molar-refractivity contribution < 1.29 is 33.0 Å². The standard InChI is InChI=1S/C25H29F2N3O5/c1-30(2)12-24(33)29-16-4-6-21-18(8-16)19-9-17(34-22(13-31)25(19)35-21)10-23(32)28-11-14-7-15(26)3-5-20(14)27/h3-8,17,19,22,25,31H,9-13H2,1-2H3,(H,28,32)(H,29,33)/t17-,19+,22+,25-/m0/s1. The fourth-order valence-electron chi connectivity index (χ4n) is 4.61. The molecule has 1 fully saturated rings. The van der Waals surface area contributed by atoms with Crippen LogP contribution < -0.4 is 15.4 Å². The summed E-state index contributed by atoms with van der Waals surface area (Å²) in [6, 6.07) is 8.47. The van der Waals surface area contributed by atoms with Crippen molar-refractivity contribution in [3.05, 3.63) is 59.2 Å². The van der Waals surface area contributed by atoms with Gasteiger partial charge in [-0.05, 0) is 56.9 Å². The van der Waals surface area contributed by atoms with Crippen LogP contribution in [0.25, 0.3) is 0 Å². The molecule has 4 rings (SSSR count). The first-order chi connectivity index (χ1) is 16.7. The fourth-order valence-corrected chi connectivity index (χ4v) is 4.61. The summed E-state index contributed by atoms with van der Waals surface area (Å²) in [4.78, 5) is 26.4. The molecule has 2 aliphatic heterocycles. The Labute approximate surface area is 202 Å². The number of nitrogens with zero attached hydrogens (tertiary/aromatic N) is 1. The molecule has 2 aliphatic rings. The molecule has 3 N–H and O–H groups in total. The highest BCUT2D eigenvalue weighted by Crippen LogP contribution is 2.47. The van der Waals surface area contributed by atoms with E-state index in [2.05, 4.69) is 10.6 Å². The summed E-state index contributed by atoms with van der Waals surface area (Å²) in [6.45, 7) is -0.183. The molecule has 0 aliphatic carbocycles. The first-order valence-corrected chi connectivity index (χ1v) is 11.5. The maximum absolute atomic E-state index is 13.8. The van der Waals surface area contributed by atoms with E-state index in [0.717, 1.165) is 23.8 Å². The molecule has 2 heterocycles. The second-order valence-electron chi connectivity index (χ2n) is 9.16. The van der Waals surface area contributed by atoms with E-state index in [0.29, 0.717) is 17.9 Å². The van der Waals surface area contributed by atoms with Gasteiger partial charge >= 0.3 is 0 Å². The number of nitrogens with one attached hydrogen (secondary N) is 2. The van der Waals surface area contributed by atoms with Gasteiger partial charge in [0.25, 0.3) is 0 Å². The highest BCUT2D eigenvalue weighted by molar-refractivity contribution is 5.92. The molecule has 188 valence electrons. The Balaban J connectivity index is 1.42. The molecule has 35 heavy (non-hydrogen) atoms. The number of halogens is 2. The number of hydrogen-bond donors (Lipinski definition) is 3. The molecule has 8 nitrogen and oxygen atoms in total. The Morgan fingerprint density at radius 2 is 1.94 bits per heavy atom. The van der Waals surface area contributed by atoms with Gasteiger partial charge < -0.3 is 30.1 Å². The van der Waals surface area contributed by atoms with Gasteiger partial charge in [-0.2, -0.15) is 0 Å². The Kier molecular flexibility index (Phi) is 7.63. The van der Waals surface area contributed by atoms with E-state index in [1.54, 1.807) is 17.0 Å². The largest absolute Gasteiger partial charge is 0.487 e. The molecule has 0 unspecified atom stereocenters. The average molecular weight is 490 g/mol. The third-order valence-corrected chi connectivity index (χ3v) is 6.14. The second kappa shape index (κ2) is 10.7. The molecule has 2 amide bonds. The summed E-state index contributed by atoms with van der Waals surface area (Å²) >= 11 is 0. The van der Waals surface area contributed by atoms with E-state index in [4.69, 9.17) is 9.47 Å². The van der Waals surface area contributed by atoms with Crippen molar-refractivity contribution >= 4 is 17.5 Å². The van der Waals surface area contributed by atoms with Crippen LogP contribution in [0.5, 0.6) is 5.75 Å². The van der Waals surface area contributed by atoms with Crippen LogP contribution in [-0.4, -0.2) is 67.4 Å². The Bertz CT molecular complexity index is 1100. The number of fused-ring (bicyclic) bond motifs is 3. The molecule has 0 aromatic heterocycles. The van der Waals surface area contributed by atoms with Crippen LogP contribution in [0.1, 0.15) is 29.9 Å². The zero-order chi connectivity index (χ0) is 25.1. The maximum atomic E-state index is 13.8. The molecular formula is C25H29F2N3O5. The van der Waals surface area contributed by atoms with E-state index >= 15 is 0 Å². The number of hydrogen-bond acceptors (Lipinski definition) is 6. The minimum atomic E-state index is -0.633. The Morgan fingerprint density at radius 1 is 1.14 bits per heavy atom. The molecule has 0 bridgehead atoms. The quantitative estimate of drug-likeness (QED) is 0.526. The zero-order valence-electron chi connectivity index (χ0n) is 19.6. The summed E-state index contributed by atoms with van der Waals surface area (Å²) in [5.41, 5.74) is 1.57. The zero-order valence-corrected chi connectivity index (χ0v) is 19.6. The van der Waals surface area contributed by atoms with E-state index in [9.17, 15) is 23.5 Å². The third-order valence-electron chi connectivity index (χ3n) is 6.14. The van der Waals surface area contributed by atoms with Gasteiger partial charge in [-0.15, -0.1) is 0 Å². The monoisotopic (exact) mass is 489 g/mol. The Hall–Kier alpha value is -3.08. The van der Waals surface area contributed by atoms with E-state index in [-0.39, 0.29) is 49.4 Å². The number of rotatable bonds is 8. The first-order valence-electron chi connectivity index (χ1n) is 11.5. The average Bonchev–Trinajstić information content (AvgIpc) is 3.16. The molecule has 4 atom stereocenters. The van der Waals surface area contributed by atoms with Crippen molar-refractivity contribution in [3.8, 4) is 5.75 Å². The van der Waals surface area contributed by atoms with Crippen molar-refractivity contribution in [2.24, 2.45) is 0 Å². The lowest BCUT2D eigenvalue weighted by Crippen LogP contribution is -2.47. The molecular weight excluding hydrogens is 460 g/mol. The van der Waals surface area contributed by atoms with Crippen LogP contribution >= 0.6 is 0 Å². The minimum Gasteiger partial charge on any atom is -0.487 e. The van der Waals surface area contributed by atoms with E-state index in [1.165, 1.54) is 0 Å².